The average molecular weight is 363 g/mol. The van der Waals surface area contributed by atoms with Crippen molar-refractivity contribution in [3.8, 4) is 0 Å². The number of hydrogen-bond acceptors (Lipinski definition) is 6. The van der Waals surface area contributed by atoms with Crippen molar-refractivity contribution in [3.63, 3.8) is 0 Å². The van der Waals surface area contributed by atoms with Crippen LogP contribution in [-0.4, -0.2) is 27.2 Å². The number of nitrogens with two attached hydrogens (primary N) is 1. The van der Waals surface area contributed by atoms with Gasteiger partial charge in [-0.1, -0.05) is 32.3 Å². The molecule has 0 bridgehead atoms. The minimum atomic E-state index is -0.700. The first-order chi connectivity index (χ1) is 12.3. The van der Waals surface area contributed by atoms with Gasteiger partial charge in [0.25, 0.3) is 11.5 Å². The predicted molar refractivity (Wildman–Crippen MR) is 98.4 cm³/mol. The number of amides is 1. The van der Waals surface area contributed by atoms with Crippen molar-refractivity contribution in [3.05, 3.63) is 38.4 Å². The molecule has 1 amide bonds. The van der Waals surface area contributed by atoms with E-state index in [9.17, 15) is 14.4 Å². The molecular weight excluding hydrogens is 338 g/mol. The summed E-state index contributed by atoms with van der Waals surface area (Å²) >= 11 is 0. The van der Waals surface area contributed by atoms with E-state index in [2.05, 4.69) is 10.1 Å². The lowest BCUT2D eigenvalue weighted by atomic mass is 10.2. The highest BCUT2D eigenvalue weighted by Gasteiger charge is 2.27. The molecule has 2 aromatic heterocycles. The summed E-state index contributed by atoms with van der Waals surface area (Å²) in [7, 11) is 0. The van der Waals surface area contributed by atoms with Crippen LogP contribution in [0.1, 0.15) is 49.9 Å². The van der Waals surface area contributed by atoms with Crippen LogP contribution in [0.4, 0.5) is 11.5 Å². The van der Waals surface area contributed by atoms with Crippen LogP contribution < -0.4 is 21.9 Å². The first kappa shape index (κ1) is 19.5. The average Bonchev–Trinajstić information content (AvgIpc) is 2.99. The maximum Gasteiger partial charge on any atom is 0.330 e. The Kier molecular flexibility index (Phi) is 6.01. The maximum atomic E-state index is 12.9. The van der Waals surface area contributed by atoms with E-state index in [1.54, 1.807) is 6.92 Å². The van der Waals surface area contributed by atoms with E-state index in [4.69, 9.17) is 10.3 Å². The molecule has 0 aliphatic heterocycles. The Hall–Kier alpha value is -2.84. The van der Waals surface area contributed by atoms with Crippen LogP contribution >= 0.6 is 0 Å². The number of unbranched alkanes of at least 4 members (excludes halogenated alkanes) is 1. The second-order valence-electron chi connectivity index (χ2n) is 6.63. The molecule has 2 rings (SSSR count). The highest BCUT2D eigenvalue weighted by Crippen LogP contribution is 2.21. The number of nitrogens with zero attached hydrogens (tertiary/aromatic N) is 3. The van der Waals surface area contributed by atoms with Gasteiger partial charge >= 0.3 is 5.69 Å². The molecule has 0 aromatic carbocycles. The molecule has 142 valence electrons. The first-order valence-corrected chi connectivity index (χ1v) is 8.64. The number of aromatic nitrogens is 3. The monoisotopic (exact) mass is 363 g/mol. The van der Waals surface area contributed by atoms with Gasteiger partial charge in [-0.2, -0.15) is 0 Å². The van der Waals surface area contributed by atoms with Crippen LogP contribution in [0.2, 0.25) is 0 Å². The van der Waals surface area contributed by atoms with Crippen LogP contribution in [0.3, 0.4) is 0 Å². The number of aromatic amines is 1. The Morgan fingerprint density at radius 3 is 2.65 bits per heavy atom. The van der Waals surface area contributed by atoms with Gasteiger partial charge in [0.05, 0.1) is 0 Å². The Labute approximate surface area is 150 Å². The lowest BCUT2D eigenvalue weighted by molar-refractivity contribution is 0.0974. The number of anilines is 2. The first-order valence-electron chi connectivity index (χ1n) is 8.64. The molecule has 9 nitrogen and oxygen atoms in total. The maximum absolute atomic E-state index is 12.9. The molecule has 0 spiro atoms. The number of rotatable bonds is 7. The molecule has 0 atom stereocenters. The van der Waals surface area contributed by atoms with Gasteiger partial charge in [0, 0.05) is 19.2 Å². The smallest absolute Gasteiger partial charge is 0.330 e. The molecule has 3 N–H and O–H groups in total. The van der Waals surface area contributed by atoms with Crippen LogP contribution in [0.5, 0.6) is 0 Å². The molecular formula is C17H25N5O4. The van der Waals surface area contributed by atoms with Gasteiger partial charge in [0.1, 0.15) is 11.6 Å². The molecule has 0 saturated carbocycles. The summed E-state index contributed by atoms with van der Waals surface area (Å²) in [4.78, 5) is 41.0. The second-order valence-corrected chi connectivity index (χ2v) is 6.63. The van der Waals surface area contributed by atoms with Crippen molar-refractivity contribution in [1.82, 2.24) is 14.7 Å². The van der Waals surface area contributed by atoms with Gasteiger partial charge in [0.15, 0.2) is 11.4 Å². The molecule has 0 fully saturated rings. The highest BCUT2D eigenvalue weighted by atomic mass is 16.5. The van der Waals surface area contributed by atoms with Gasteiger partial charge in [-0.3, -0.25) is 24.0 Å². The number of aryl methyl sites for hydroxylation is 1. The fourth-order valence-corrected chi connectivity index (χ4v) is 2.62. The van der Waals surface area contributed by atoms with E-state index in [1.165, 1.54) is 15.5 Å². The van der Waals surface area contributed by atoms with Crippen molar-refractivity contribution in [2.24, 2.45) is 5.92 Å². The summed E-state index contributed by atoms with van der Waals surface area (Å²) in [5.74, 6) is 0.00395. The Bertz CT molecular complexity index is 893. The van der Waals surface area contributed by atoms with E-state index < -0.39 is 17.2 Å². The molecule has 0 aliphatic rings. The molecule has 2 aromatic rings. The van der Waals surface area contributed by atoms with Gasteiger partial charge < -0.3 is 10.3 Å². The Balaban J connectivity index is 2.59. The fraction of sp³-hybridized carbons (Fsp3) is 0.529. The molecule has 0 radical (unpaired) electrons. The van der Waals surface area contributed by atoms with E-state index in [-0.39, 0.29) is 29.7 Å². The van der Waals surface area contributed by atoms with Gasteiger partial charge in [-0.05, 0) is 19.3 Å². The van der Waals surface area contributed by atoms with E-state index in [0.29, 0.717) is 12.3 Å². The molecule has 26 heavy (non-hydrogen) atoms. The topological polar surface area (TPSA) is 127 Å². The van der Waals surface area contributed by atoms with Crippen molar-refractivity contribution in [2.45, 2.75) is 47.1 Å². The standard InChI is InChI=1S/C17H25N5O4/c1-5-6-7-21-14(18)13(15(23)19-17(21)25)22(9-10(2)3)16(24)12-8-11(4)26-20-12/h8,10H,5-7,9,18H2,1-4H3,(H,19,23,25). The third-order valence-electron chi connectivity index (χ3n) is 3.86. The van der Waals surface area contributed by atoms with Gasteiger partial charge in [0.2, 0.25) is 0 Å². The zero-order valence-corrected chi connectivity index (χ0v) is 15.5. The number of carbonyl (C=O) groups excluding carboxylic acids is 1. The number of hydrogen-bond donors (Lipinski definition) is 2. The summed E-state index contributed by atoms with van der Waals surface area (Å²) in [6.07, 6.45) is 1.57. The number of carbonyl (C=O) groups is 1. The predicted octanol–water partition coefficient (Wildman–Crippen LogP) is 1.52. The third kappa shape index (κ3) is 4.04. The lowest BCUT2D eigenvalue weighted by Crippen LogP contribution is -2.42. The van der Waals surface area contributed by atoms with Crippen LogP contribution in [0, 0.1) is 12.8 Å². The second kappa shape index (κ2) is 8.03. The summed E-state index contributed by atoms with van der Waals surface area (Å²) in [5.41, 5.74) is 4.88. The molecule has 0 saturated heterocycles. The summed E-state index contributed by atoms with van der Waals surface area (Å²) in [6.45, 7) is 8.07. The Morgan fingerprint density at radius 1 is 1.42 bits per heavy atom. The van der Waals surface area contributed by atoms with Crippen molar-refractivity contribution in [2.75, 3.05) is 17.2 Å². The summed E-state index contributed by atoms with van der Waals surface area (Å²) < 4.78 is 6.25. The molecule has 0 aliphatic carbocycles. The highest BCUT2D eigenvalue weighted by molar-refractivity contribution is 6.06. The SMILES string of the molecule is CCCCn1c(N)c(N(CC(C)C)C(=O)c2cc(C)on2)c(=O)[nH]c1=O. The number of nitrogens with one attached hydrogen (secondary N) is 1. The minimum absolute atomic E-state index is 0.0265. The van der Waals surface area contributed by atoms with Crippen molar-refractivity contribution >= 4 is 17.4 Å². The quantitative estimate of drug-likeness (QED) is 0.768. The zero-order valence-electron chi connectivity index (χ0n) is 15.5. The van der Waals surface area contributed by atoms with Crippen LogP contribution in [0.25, 0.3) is 0 Å². The van der Waals surface area contributed by atoms with E-state index >= 15 is 0 Å². The Morgan fingerprint density at radius 2 is 2.12 bits per heavy atom. The number of H-pyrrole nitrogens is 1. The fourth-order valence-electron chi connectivity index (χ4n) is 2.62. The van der Waals surface area contributed by atoms with Gasteiger partial charge in [-0.25, -0.2) is 4.79 Å². The summed E-state index contributed by atoms with van der Waals surface area (Å²) in [5, 5.41) is 3.73. The van der Waals surface area contributed by atoms with E-state index in [0.717, 1.165) is 12.8 Å². The third-order valence-corrected chi connectivity index (χ3v) is 3.86. The van der Waals surface area contributed by atoms with Gasteiger partial charge in [-0.15, -0.1) is 0 Å². The molecule has 2 heterocycles. The van der Waals surface area contributed by atoms with Crippen LogP contribution in [0.15, 0.2) is 20.2 Å². The van der Waals surface area contributed by atoms with Crippen molar-refractivity contribution in [1.29, 1.82) is 0 Å². The van der Waals surface area contributed by atoms with Crippen molar-refractivity contribution < 1.29 is 9.32 Å². The summed E-state index contributed by atoms with van der Waals surface area (Å²) in [6, 6.07) is 1.49. The van der Waals surface area contributed by atoms with Crippen LogP contribution in [-0.2, 0) is 6.54 Å². The normalized spacial score (nSPS) is 11.1. The minimum Gasteiger partial charge on any atom is -0.383 e. The van der Waals surface area contributed by atoms with E-state index in [1.807, 2.05) is 20.8 Å². The zero-order chi connectivity index (χ0) is 19.4. The molecule has 0 unspecified atom stereocenters. The largest absolute Gasteiger partial charge is 0.383 e. The number of nitrogen functional groups attached to an aromatic ring is 1. The molecule has 9 heteroatoms. The lowest BCUT2D eigenvalue weighted by Gasteiger charge is -2.25.